The van der Waals surface area contributed by atoms with E-state index < -0.39 is 39.7 Å². The topological polar surface area (TPSA) is 70.6 Å². The second kappa shape index (κ2) is 9.29. The van der Waals surface area contributed by atoms with Gasteiger partial charge in [0.05, 0.1) is 27.6 Å². The Morgan fingerprint density at radius 1 is 1.25 bits per heavy atom. The number of hydrogen-bond donors (Lipinski definition) is 3. The lowest BCUT2D eigenvalue weighted by Gasteiger charge is -2.24. The lowest BCUT2D eigenvalue weighted by molar-refractivity contribution is -0.0805. The molecule has 0 aromatic heterocycles. The minimum absolute atomic E-state index is 0.156. The van der Waals surface area contributed by atoms with Gasteiger partial charge in [-0.25, -0.2) is 18.7 Å². The highest BCUT2D eigenvalue weighted by Gasteiger charge is 2.25. The van der Waals surface area contributed by atoms with E-state index in [9.17, 15) is 18.0 Å². The van der Waals surface area contributed by atoms with E-state index in [-0.39, 0.29) is 24.3 Å². The van der Waals surface area contributed by atoms with Gasteiger partial charge < -0.3 is 10.4 Å². The van der Waals surface area contributed by atoms with E-state index in [1.165, 1.54) is 12.1 Å². The predicted molar refractivity (Wildman–Crippen MR) is 108 cm³/mol. The average Bonchev–Trinajstić information content (AvgIpc) is 2.61. The van der Waals surface area contributed by atoms with Gasteiger partial charge in [-0.2, -0.15) is 0 Å². The van der Waals surface area contributed by atoms with Crippen LogP contribution in [0, 0.1) is 21.0 Å². The zero-order valence-corrected chi connectivity index (χ0v) is 17.8. The number of amides is 1. The first-order chi connectivity index (χ1) is 13.1. The van der Waals surface area contributed by atoms with Crippen LogP contribution in [0.1, 0.15) is 30.6 Å². The van der Waals surface area contributed by atoms with E-state index in [0.717, 1.165) is 6.07 Å². The molecule has 0 aliphatic carbocycles. The molecule has 3 N–H and O–H groups in total. The molecule has 0 aliphatic rings. The number of aliphatic hydroxyl groups is 1. The lowest BCUT2D eigenvalue weighted by Crippen LogP contribution is -2.36. The Balaban J connectivity index is 2.39. The van der Waals surface area contributed by atoms with Crippen molar-refractivity contribution in [3.8, 4) is 0 Å². The van der Waals surface area contributed by atoms with Crippen molar-refractivity contribution in [3.05, 3.63) is 55.9 Å². The van der Waals surface area contributed by atoms with Gasteiger partial charge in [-0.1, -0.05) is 11.6 Å². The van der Waals surface area contributed by atoms with Gasteiger partial charge in [-0.3, -0.25) is 9.63 Å². The number of halogens is 5. The molecule has 0 bridgehead atoms. The first-order valence-electron chi connectivity index (χ1n) is 8.04. The van der Waals surface area contributed by atoms with Crippen LogP contribution in [0.4, 0.5) is 24.5 Å². The Labute approximate surface area is 178 Å². The number of benzene rings is 2. The maximum Gasteiger partial charge on any atom is 0.277 e. The van der Waals surface area contributed by atoms with Gasteiger partial charge in [-0.15, -0.1) is 0 Å². The number of anilines is 2. The number of rotatable bonds is 7. The average molecular weight is 529 g/mol. The van der Waals surface area contributed by atoms with Gasteiger partial charge in [-0.05, 0) is 60.7 Å². The van der Waals surface area contributed by atoms with E-state index in [4.69, 9.17) is 21.5 Å². The molecule has 5 nitrogen and oxygen atoms in total. The number of nitrogens with one attached hydrogen (secondary N) is 2. The molecule has 1 amide bonds. The molecule has 0 radical (unpaired) electrons. The normalized spacial score (nSPS) is 11.4. The van der Waals surface area contributed by atoms with E-state index in [2.05, 4.69) is 10.8 Å². The van der Waals surface area contributed by atoms with E-state index in [0.29, 0.717) is 3.57 Å². The molecule has 10 heteroatoms. The fourth-order valence-electron chi connectivity index (χ4n) is 2.18. The Morgan fingerprint density at radius 3 is 2.54 bits per heavy atom. The summed E-state index contributed by atoms with van der Waals surface area (Å²) in [6.07, 6.45) is 0.213. The Hall–Kier alpha value is -1.56. The second-order valence-corrected chi connectivity index (χ2v) is 8.08. The molecular formula is C18H17ClF3IN2O3. The van der Waals surface area contributed by atoms with Gasteiger partial charge >= 0.3 is 0 Å². The molecule has 0 unspecified atom stereocenters. The number of hydroxylamine groups is 1. The van der Waals surface area contributed by atoms with E-state index in [1.807, 2.05) is 22.6 Å². The predicted octanol–water partition coefficient (Wildman–Crippen LogP) is 4.93. The molecule has 0 heterocycles. The van der Waals surface area contributed by atoms with Crippen LogP contribution in [-0.4, -0.2) is 23.2 Å². The maximum absolute atomic E-state index is 14.5. The molecular weight excluding hydrogens is 512 g/mol. The van der Waals surface area contributed by atoms with E-state index >= 15 is 0 Å². The van der Waals surface area contributed by atoms with Crippen LogP contribution in [0.25, 0.3) is 0 Å². The molecule has 28 heavy (non-hydrogen) atoms. The van der Waals surface area contributed by atoms with Crippen LogP contribution in [0.3, 0.4) is 0 Å². The molecule has 2 rings (SSSR count). The Bertz CT molecular complexity index is 897. The zero-order chi connectivity index (χ0) is 21.1. The molecule has 0 spiro atoms. The second-order valence-electron chi connectivity index (χ2n) is 6.42. The SMILES string of the molecule is CC(C)(CCO)ONC(=O)c1cc(Cl)c(F)c(F)c1Nc1ccc(I)cc1F. The van der Waals surface area contributed by atoms with Crippen LogP contribution in [0.2, 0.25) is 5.02 Å². The molecule has 0 aliphatic heterocycles. The van der Waals surface area contributed by atoms with Crippen LogP contribution >= 0.6 is 34.2 Å². The molecule has 0 saturated heterocycles. The summed E-state index contributed by atoms with van der Waals surface area (Å²) >= 11 is 7.55. The van der Waals surface area contributed by atoms with Crippen molar-refractivity contribution in [2.75, 3.05) is 11.9 Å². The highest BCUT2D eigenvalue weighted by atomic mass is 127. The molecule has 0 saturated carbocycles. The maximum atomic E-state index is 14.5. The summed E-state index contributed by atoms with van der Waals surface area (Å²) in [5.41, 5.74) is 0.0634. The first kappa shape index (κ1) is 22.7. The summed E-state index contributed by atoms with van der Waals surface area (Å²) in [5, 5.41) is 10.8. The van der Waals surface area contributed by atoms with Crippen molar-refractivity contribution in [3.63, 3.8) is 0 Å². The van der Waals surface area contributed by atoms with Crippen LogP contribution in [-0.2, 0) is 4.84 Å². The lowest BCUT2D eigenvalue weighted by atomic mass is 10.1. The highest BCUT2D eigenvalue weighted by Crippen LogP contribution is 2.32. The van der Waals surface area contributed by atoms with Crippen molar-refractivity contribution < 1.29 is 27.9 Å². The van der Waals surface area contributed by atoms with Crippen molar-refractivity contribution in [1.29, 1.82) is 0 Å². The summed E-state index contributed by atoms with van der Waals surface area (Å²) in [4.78, 5) is 17.7. The van der Waals surface area contributed by atoms with Crippen LogP contribution in [0.15, 0.2) is 24.3 Å². The minimum Gasteiger partial charge on any atom is -0.396 e. The van der Waals surface area contributed by atoms with Crippen LogP contribution in [0.5, 0.6) is 0 Å². The molecule has 0 fully saturated rings. The van der Waals surface area contributed by atoms with Gasteiger partial charge in [0.1, 0.15) is 5.82 Å². The summed E-state index contributed by atoms with van der Waals surface area (Å²) < 4.78 is 43.1. The molecule has 2 aromatic carbocycles. The Morgan fingerprint density at radius 2 is 1.93 bits per heavy atom. The third-order valence-corrected chi connectivity index (χ3v) is 4.68. The van der Waals surface area contributed by atoms with Crippen molar-refractivity contribution in [1.82, 2.24) is 5.48 Å². The summed E-state index contributed by atoms with van der Waals surface area (Å²) in [6.45, 7) is 3.04. The third-order valence-electron chi connectivity index (χ3n) is 3.73. The van der Waals surface area contributed by atoms with E-state index in [1.54, 1.807) is 19.9 Å². The number of carbonyl (C=O) groups excluding carboxylic acids is 1. The molecule has 152 valence electrons. The highest BCUT2D eigenvalue weighted by molar-refractivity contribution is 14.1. The minimum atomic E-state index is -1.44. The van der Waals surface area contributed by atoms with Gasteiger partial charge in [0.15, 0.2) is 11.6 Å². The van der Waals surface area contributed by atoms with Crippen LogP contribution < -0.4 is 10.8 Å². The fraction of sp³-hybridized carbons (Fsp3) is 0.278. The third kappa shape index (κ3) is 5.49. The quantitative estimate of drug-likeness (QED) is 0.271. The fourth-order valence-corrected chi connectivity index (χ4v) is 2.83. The first-order valence-corrected chi connectivity index (χ1v) is 9.50. The summed E-state index contributed by atoms with van der Waals surface area (Å²) in [5.74, 6) is -4.47. The monoisotopic (exact) mass is 528 g/mol. The number of aliphatic hydroxyl groups excluding tert-OH is 1. The molecule has 0 atom stereocenters. The summed E-state index contributed by atoms with van der Waals surface area (Å²) in [7, 11) is 0. The smallest absolute Gasteiger partial charge is 0.277 e. The summed E-state index contributed by atoms with van der Waals surface area (Å²) in [6, 6.07) is 4.97. The largest absolute Gasteiger partial charge is 0.396 e. The van der Waals surface area contributed by atoms with Crippen molar-refractivity contribution in [2.24, 2.45) is 0 Å². The Kier molecular flexibility index (Phi) is 7.54. The van der Waals surface area contributed by atoms with Gasteiger partial charge in [0.2, 0.25) is 0 Å². The standard InChI is InChI=1S/C18H17ClF3IN2O3/c1-18(2,5-6-26)28-25-17(27)10-8-11(19)14(21)15(22)16(10)24-13-4-3-9(23)7-12(13)20/h3-4,7-8,24,26H,5-6H2,1-2H3,(H,25,27). The van der Waals surface area contributed by atoms with Gasteiger partial charge in [0, 0.05) is 16.6 Å². The number of hydrogen-bond acceptors (Lipinski definition) is 4. The van der Waals surface area contributed by atoms with Gasteiger partial charge in [0.25, 0.3) is 5.91 Å². The number of carbonyl (C=O) groups is 1. The van der Waals surface area contributed by atoms with Crippen molar-refractivity contribution >= 4 is 51.5 Å². The zero-order valence-electron chi connectivity index (χ0n) is 14.9. The van der Waals surface area contributed by atoms with Crippen molar-refractivity contribution in [2.45, 2.75) is 25.9 Å². The molecule has 2 aromatic rings.